The smallest absolute Gasteiger partial charge is 0.224 e. The van der Waals surface area contributed by atoms with Crippen molar-refractivity contribution in [3.8, 4) is 0 Å². The Bertz CT molecular complexity index is 645. The molecule has 3 heterocycles. The maximum atomic E-state index is 12.0. The Hall–Kier alpha value is -2.34. The third kappa shape index (κ3) is 4.35. The molecule has 0 unspecified atom stereocenters. The number of carbonyl (C=O) groups is 1. The van der Waals surface area contributed by atoms with Gasteiger partial charge in [-0.1, -0.05) is 0 Å². The Morgan fingerprint density at radius 3 is 2.71 bits per heavy atom. The summed E-state index contributed by atoms with van der Waals surface area (Å²) in [6, 6.07) is 7.52. The van der Waals surface area contributed by atoms with Crippen molar-refractivity contribution in [2.75, 3.05) is 23.3 Å². The first-order valence-electron chi connectivity index (χ1n) is 8.29. The number of aromatic nitrogens is 1. The minimum absolute atomic E-state index is 0.0467. The number of carbonyl (C=O) groups excluding carboxylic acids is 1. The molecule has 0 saturated carbocycles. The fourth-order valence-electron chi connectivity index (χ4n) is 2.93. The molecule has 1 amide bonds. The van der Waals surface area contributed by atoms with E-state index in [1.165, 1.54) is 0 Å². The highest BCUT2D eigenvalue weighted by Crippen LogP contribution is 2.19. The maximum absolute atomic E-state index is 12.0. The zero-order valence-corrected chi connectivity index (χ0v) is 14.1. The zero-order valence-electron chi connectivity index (χ0n) is 14.1. The van der Waals surface area contributed by atoms with Crippen LogP contribution in [-0.2, 0) is 16.0 Å². The second-order valence-electron chi connectivity index (χ2n) is 6.19. The number of furan rings is 1. The van der Waals surface area contributed by atoms with E-state index < -0.39 is 0 Å². The van der Waals surface area contributed by atoms with Crippen molar-refractivity contribution in [2.24, 2.45) is 0 Å². The van der Waals surface area contributed by atoms with Crippen LogP contribution in [0.15, 0.2) is 41.1 Å². The van der Waals surface area contributed by atoms with E-state index in [0.717, 1.165) is 24.7 Å². The van der Waals surface area contributed by atoms with E-state index >= 15 is 0 Å². The molecule has 1 aliphatic heterocycles. The quantitative estimate of drug-likeness (QED) is 0.913. The number of anilines is 2. The molecule has 0 radical (unpaired) electrons. The molecular formula is C18H23N3O3. The second-order valence-corrected chi connectivity index (χ2v) is 6.19. The average Bonchev–Trinajstić information content (AvgIpc) is 3.06. The molecule has 3 rings (SSSR count). The van der Waals surface area contributed by atoms with Crippen LogP contribution in [0.25, 0.3) is 0 Å². The van der Waals surface area contributed by atoms with Crippen molar-refractivity contribution in [3.63, 3.8) is 0 Å². The normalized spacial score (nSPS) is 20.8. The number of nitrogens with zero attached hydrogens (tertiary/aromatic N) is 2. The van der Waals surface area contributed by atoms with Crippen molar-refractivity contribution >= 4 is 17.4 Å². The van der Waals surface area contributed by atoms with Crippen molar-refractivity contribution in [1.82, 2.24) is 4.98 Å². The Kier molecular flexibility index (Phi) is 5.15. The summed E-state index contributed by atoms with van der Waals surface area (Å²) in [6.45, 7) is 5.78. The van der Waals surface area contributed by atoms with Gasteiger partial charge < -0.3 is 19.4 Å². The highest BCUT2D eigenvalue weighted by atomic mass is 16.5. The summed E-state index contributed by atoms with van der Waals surface area (Å²) in [5, 5.41) is 2.87. The van der Waals surface area contributed by atoms with Crippen molar-refractivity contribution < 1.29 is 13.9 Å². The van der Waals surface area contributed by atoms with Gasteiger partial charge in [0.05, 0.1) is 30.4 Å². The van der Waals surface area contributed by atoms with E-state index in [2.05, 4.69) is 29.0 Å². The third-order valence-electron chi connectivity index (χ3n) is 3.95. The molecule has 2 aromatic rings. The SMILES string of the molecule is C[C@@H]1CN(c2ccc(NC(=O)CCc3ccco3)cn2)C[C@H](C)O1. The van der Waals surface area contributed by atoms with Crippen molar-refractivity contribution in [1.29, 1.82) is 0 Å². The fourth-order valence-corrected chi connectivity index (χ4v) is 2.93. The number of morpholine rings is 1. The minimum Gasteiger partial charge on any atom is -0.469 e. The van der Waals surface area contributed by atoms with Gasteiger partial charge in [-0.15, -0.1) is 0 Å². The van der Waals surface area contributed by atoms with Crippen molar-refractivity contribution in [2.45, 2.75) is 38.9 Å². The summed E-state index contributed by atoms with van der Waals surface area (Å²) in [5.41, 5.74) is 0.706. The van der Waals surface area contributed by atoms with Gasteiger partial charge in [-0.2, -0.15) is 0 Å². The molecule has 6 nitrogen and oxygen atoms in total. The molecule has 0 bridgehead atoms. The number of amides is 1. The molecule has 2 aromatic heterocycles. The minimum atomic E-state index is -0.0467. The monoisotopic (exact) mass is 329 g/mol. The van der Waals surface area contributed by atoms with E-state index in [-0.39, 0.29) is 18.1 Å². The molecule has 24 heavy (non-hydrogen) atoms. The largest absolute Gasteiger partial charge is 0.469 e. The highest BCUT2D eigenvalue weighted by Gasteiger charge is 2.23. The van der Waals surface area contributed by atoms with Crippen LogP contribution in [0.5, 0.6) is 0 Å². The fraction of sp³-hybridized carbons (Fsp3) is 0.444. The summed E-state index contributed by atoms with van der Waals surface area (Å²) in [4.78, 5) is 18.7. The Morgan fingerprint density at radius 2 is 2.08 bits per heavy atom. The standard InChI is InChI=1S/C18H23N3O3/c1-13-11-21(12-14(2)24-13)17-7-5-15(10-19-17)20-18(22)8-6-16-4-3-9-23-16/h3-5,7,9-10,13-14H,6,8,11-12H2,1-2H3,(H,20,22)/t13-,14+. The van der Waals surface area contributed by atoms with Crippen LogP contribution in [0.3, 0.4) is 0 Å². The van der Waals surface area contributed by atoms with Crippen LogP contribution in [0, 0.1) is 0 Å². The zero-order chi connectivity index (χ0) is 16.9. The molecule has 1 aliphatic rings. The number of hydrogen-bond donors (Lipinski definition) is 1. The van der Waals surface area contributed by atoms with Gasteiger partial charge in [-0.25, -0.2) is 4.98 Å². The summed E-state index contributed by atoms with van der Waals surface area (Å²) in [6.07, 6.45) is 4.67. The van der Waals surface area contributed by atoms with Gasteiger partial charge >= 0.3 is 0 Å². The lowest BCUT2D eigenvalue weighted by Gasteiger charge is -2.36. The molecule has 1 N–H and O–H groups in total. The van der Waals surface area contributed by atoms with Crippen LogP contribution >= 0.6 is 0 Å². The van der Waals surface area contributed by atoms with Crippen LogP contribution in [0.2, 0.25) is 0 Å². The molecule has 128 valence electrons. The summed E-state index contributed by atoms with van der Waals surface area (Å²) < 4.78 is 11.0. The third-order valence-corrected chi connectivity index (χ3v) is 3.95. The van der Waals surface area contributed by atoms with Gasteiger partial charge in [-0.05, 0) is 38.1 Å². The first-order valence-corrected chi connectivity index (χ1v) is 8.29. The predicted molar refractivity (Wildman–Crippen MR) is 92.1 cm³/mol. The maximum Gasteiger partial charge on any atom is 0.224 e. The van der Waals surface area contributed by atoms with Gasteiger partial charge in [0.15, 0.2) is 0 Å². The second kappa shape index (κ2) is 7.49. The summed E-state index contributed by atoms with van der Waals surface area (Å²) in [7, 11) is 0. The van der Waals surface area contributed by atoms with Gasteiger partial charge in [-0.3, -0.25) is 4.79 Å². The number of hydrogen-bond acceptors (Lipinski definition) is 5. The molecule has 2 atom stereocenters. The molecule has 0 spiro atoms. The van der Waals surface area contributed by atoms with Gasteiger partial charge in [0.25, 0.3) is 0 Å². The lowest BCUT2D eigenvalue weighted by Crippen LogP contribution is -2.45. The van der Waals surface area contributed by atoms with Crippen LogP contribution < -0.4 is 10.2 Å². The van der Waals surface area contributed by atoms with Crippen molar-refractivity contribution in [3.05, 3.63) is 42.5 Å². The van der Waals surface area contributed by atoms with E-state index in [9.17, 15) is 4.79 Å². The van der Waals surface area contributed by atoms with Gasteiger partial charge in [0.1, 0.15) is 11.6 Å². The molecular weight excluding hydrogens is 306 g/mol. The Labute approximate surface area is 141 Å². The first kappa shape index (κ1) is 16.5. The van der Waals surface area contributed by atoms with Crippen LogP contribution in [0.4, 0.5) is 11.5 Å². The van der Waals surface area contributed by atoms with E-state index in [1.807, 2.05) is 24.3 Å². The lowest BCUT2D eigenvalue weighted by atomic mass is 10.2. The van der Waals surface area contributed by atoms with Gasteiger partial charge in [0.2, 0.25) is 5.91 Å². The highest BCUT2D eigenvalue weighted by molar-refractivity contribution is 5.90. The van der Waals surface area contributed by atoms with Crippen LogP contribution in [0.1, 0.15) is 26.0 Å². The Balaban J connectivity index is 1.53. The number of nitrogens with one attached hydrogen (secondary N) is 1. The first-order chi connectivity index (χ1) is 11.6. The number of rotatable bonds is 5. The Morgan fingerprint density at radius 1 is 1.29 bits per heavy atom. The number of pyridine rings is 1. The summed E-state index contributed by atoms with van der Waals surface area (Å²) >= 11 is 0. The van der Waals surface area contributed by atoms with Crippen LogP contribution in [-0.4, -0.2) is 36.2 Å². The van der Waals surface area contributed by atoms with E-state index in [0.29, 0.717) is 18.5 Å². The number of ether oxygens (including phenoxy) is 1. The van der Waals surface area contributed by atoms with E-state index in [4.69, 9.17) is 9.15 Å². The molecule has 1 fully saturated rings. The average molecular weight is 329 g/mol. The molecule has 6 heteroatoms. The molecule has 0 aromatic carbocycles. The van der Waals surface area contributed by atoms with Gasteiger partial charge in [0, 0.05) is 25.9 Å². The lowest BCUT2D eigenvalue weighted by molar-refractivity contribution is -0.116. The summed E-state index contributed by atoms with van der Waals surface area (Å²) in [5.74, 6) is 1.68. The van der Waals surface area contributed by atoms with E-state index in [1.54, 1.807) is 12.5 Å². The molecule has 0 aliphatic carbocycles. The molecule has 1 saturated heterocycles. The predicted octanol–water partition coefficient (Wildman–Crippen LogP) is 2.86. The number of aryl methyl sites for hydroxylation is 1. The topological polar surface area (TPSA) is 67.6 Å².